The third-order valence-electron chi connectivity index (χ3n) is 5.87. The Hall–Kier alpha value is -1.06. The molecule has 2 aliphatic rings. The van der Waals surface area contributed by atoms with Crippen LogP contribution in [0, 0.1) is 12.3 Å². The van der Waals surface area contributed by atoms with Gasteiger partial charge in [-0.1, -0.05) is 49.1 Å². The molecule has 1 aromatic carbocycles. The van der Waals surface area contributed by atoms with Crippen LogP contribution in [0.15, 0.2) is 24.3 Å². The van der Waals surface area contributed by atoms with Crippen LogP contribution in [0.1, 0.15) is 68.5 Å². The van der Waals surface area contributed by atoms with Gasteiger partial charge in [0.15, 0.2) is 0 Å². The van der Waals surface area contributed by atoms with Gasteiger partial charge < -0.3 is 10.6 Å². The first-order valence-electron chi connectivity index (χ1n) is 9.20. The summed E-state index contributed by atoms with van der Waals surface area (Å²) >= 11 is 0. The number of rotatable bonds is 4. The summed E-state index contributed by atoms with van der Waals surface area (Å²) in [5, 5.41) is 0. The SMILES string of the molecule is Cc1cccc(C2CCCN2C(=O)CC2(CN)CCCCC2)c1.Cl. The number of carbonyl (C=O) groups is 1. The number of hydrogen-bond donors (Lipinski definition) is 1. The van der Waals surface area contributed by atoms with E-state index in [2.05, 4.69) is 36.1 Å². The van der Waals surface area contributed by atoms with Crippen LogP contribution in [0.25, 0.3) is 0 Å². The molecule has 1 heterocycles. The van der Waals surface area contributed by atoms with Crippen LogP contribution < -0.4 is 5.73 Å². The van der Waals surface area contributed by atoms with Gasteiger partial charge in [-0.15, -0.1) is 12.4 Å². The number of nitrogens with two attached hydrogens (primary N) is 1. The summed E-state index contributed by atoms with van der Waals surface area (Å²) < 4.78 is 0. The Morgan fingerprint density at radius 3 is 2.67 bits per heavy atom. The number of halogens is 1. The van der Waals surface area contributed by atoms with Gasteiger partial charge in [-0.25, -0.2) is 0 Å². The van der Waals surface area contributed by atoms with Gasteiger partial charge in [-0.2, -0.15) is 0 Å². The molecule has 1 unspecified atom stereocenters. The van der Waals surface area contributed by atoms with Crippen LogP contribution in [0.4, 0.5) is 0 Å². The van der Waals surface area contributed by atoms with E-state index in [9.17, 15) is 4.79 Å². The van der Waals surface area contributed by atoms with Crippen LogP contribution in [0.2, 0.25) is 0 Å². The number of benzene rings is 1. The Kier molecular flexibility index (Phi) is 6.70. The molecule has 0 spiro atoms. The van der Waals surface area contributed by atoms with Crippen molar-refractivity contribution in [3.8, 4) is 0 Å². The molecule has 1 saturated carbocycles. The first kappa shape index (κ1) is 19.3. The van der Waals surface area contributed by atoms with E-state index in [0.29, 0.717) is 18.9 Å². The molecule has 2 N–H and O–H groups in total. The van der Waals surface area contributed by atoms with Gasteiger partial charge in [0.25, 0.3) is 0 Å². The average molecular weight is 351 g/mol. The molecule has 24 heavy (non-hydrogen) atoms. The molecule has 3 nitrogen and oxygen atoms in total. The van der Waals surface area contributed by atoms with E-state index in [-0.39, 0.29) is 23.9 Å². The number of aryl methyl sites for hydroxylation is 1. The van der Waals surface area contributed by atoms with Gasteiger partial charge >= 0.3 is 0 Å². The first-order valence-corrected chi connectivity index (χ1v) is 9.20. The highest BCUT2D eigenvalue weighted by molar-refractivity contribution is 5.85. The van der Waals surface area contributed by atoms with Crippen molar-refractivity contribution in [2.24, 2.45) is 11.1 Å². The lowest BCUT2D eigenvalue weighted by Gasteiger charge is -2.37. The Balaban J connectivity index is 0.00000208. The minimum Gasteiger partial charge on any atom is -0.336 e. The summed E-state index contributed by atoms with van der Waals surface area (Å²) in [7, 11) is 0. The molecule has 1 aliphatic heterocycles. The van der Waals surface area contributed by atoms with Crippen molar-refractivity contribution in [2.75, 3.05) is 13.1 Å². The zero-order valence-electron chi connectivity index (χ0n) is 14.8. The quantitative estimate of drug-likeness (QED) is 0.875. The number of likely N-dealkylation sites (tertiary alicyclic amines) is 1. The largest absolute Gasteiger partial charge is 0.336 e. The summed E-state index contributed by atoms with van der Waals surface area (Å²) in [4.78, 5) is 15.1. The van der Waals surface area contributed by atoms with Crippen LogP contribution in [-0.2, 0) is 4.79 Å². The second-order valence-corrected chi connectivity index (χ2v) is 7.60. The second-order valence-electron chi connectivity index (χ2n) is 7.60. The van der Waals surface area contributed by atoms with Crippen molar-refractivity contribution in [2.45, 2.75) is 64.3 Å². The van der Waals surface area contributed by atoms with Crippen LogP contribution >= 0.6 is 12.4 Å². The third-order valence-corrected chi connectivity index (χ3v) is 5.87. The van der Waals surface area contributed by atoms with Gasteiger partial charge in [0, 0.05) is 13.0 Å². The van der Waals surface area contributed by atoms with E-state index in [1.54, 1.807) is 0 Å². The summed E-state index contributed by atoms with van der Waals surface area (Å²) in [6, 6.07) is 8.89. The topological polar surface area (TPSA) is 46.3 Å². The zero-order valence-corrected chi connectivity index (χ0v) is 15.6. The number of amides is 1. The molecule has 1 amide bonds. The maximum absolute atomic E-state index is 13.0. The van der Waals surface area contributed by atoms with Crippen LogP contribution in [0.5, 0.6) is 0 Å². The van der Waals surface area contributed by atoms with Crippen LogP contribution in [-0.4, -0.2) is 23.9 Å². The van der Waals surface area contributed by atoms with E-state index in [1.165, 1.54) is 30.4 Å². The smallest absolute Gasteiger partial charge is 0.223 e. The lowest BCUT2D eigenvalue weighted by molar-refractivity contribution is -0.135. The monoisotopic (exact) mass is 350 g/mol. The predicted octanol–water partition coefficient (Wildman–Crippen LogP) is 4.38. The summed E-state index contributed by atoms with van der Waals surface area (Å²) in [5.74, 6) is 0.321. The summed E-state index contributed by atoms with van der Waals surface area (Å²) in [6.07, 6.45) is 8.84. The molecule has 2 fully saturated rings. The first-order chi connectivity index (χ1) is 11.1. The minimum atomic E-state index is 0. The van der Waals surface area contributed by atoms with Gasteiger partial charge in [-0.05, 0) is 50.1 Å². The molecule has 1 aromatic rings. The Labute approximate surface area is 152 Å². The van der Waals surface area contributed by atoms with Crippen molar-refractivity contribution in [1.82, 2.24) is 4.90 Å². The highest BCUT2D eigenvalue weighted by Crippen LogP contribution is 2.41. The normalized spacial score (nSPS) is 22.9. The summed E-state index contributed by atoms with van der Waals surface area (Å²) in [6.45, 7) is 3.68. The van der Waals surface area contributed by atoms with Crippen molar-refractivity contribution in [1.29, 1.82) is 0 Å². The molecule has 0 aromatic heterocycles. The number of carbonyl (C=O) groups excluding carboxylic acids is 1. The molecular formula is C20H31ClN2O. The van der Waals surface area contributed by atoms with Crippen molar-refractivity contribution >= 4 is 18.3 Å². The van der Waals surface area contributed by atoms with Gasteiger partial charge in [0.1, 0.15) is 0 Å². The molecule has 4 heteroatoms. The highest BCUT2D eigenvalue weighted by atomic mass is 35.5. The maximum atomic E-state index is 13.0. The van der Waals surface area contributed by atoms with E-state index < -0.39 is 0 Å². The molecule has 3 rings (SSSR count). The molecule has 1 atom stereocenters. The lowest BCUT2D eigenvalue weighted by Crippen LogP contribution is -2.40. The van der Waals surface area contributed by atoms with Crippen molar-refractivity contribution < 1.29 is 4.79 Å². The molecular weight excluding hydrogens is 320 g/mol. The number of nitrogens with zero attached hydrogens (tertiary/aromatic N) is 1. The molecule has 1 aliphatic carbocycles. The van der Waals surface area contributed by atoms with E-state index in [1.807, 2.05) is 0 Å². The standard InChI is InChI=1S/C20H30N2O.ClH/c1-16-7-5-8-17(13-16)18-9-6-12-22(18)19(23)14-20(15-21)10-3-2-4-11-20;/h5,7-8,13,18H,2-4,6,9-12,14-15,21H2,1H3;1H. The summed E-state index contributed by atoms with van der Waals surface area (Å²) in [5.41, 5.74) is 8.71. The predicted molar refractivity (Wildman–Crippen MR) is 101 cm³/mol. The second kappa shape index (κ2) is 8.35. The fourth-order valence-electron chi connectivity index (χ4n) is 4.47. The minimum absolute atomic E-state index is 0. The zero-order chi connectivity index (χ0) is 16.3. The van der Waals surface area contributed by atoms with Crippen LogP contribution in [0.3, 0.4) is 0 Å². The Morgan fingerprint density at radius 1 is 1.25 bits per heavy atom. The molecule has 1 saturated heterocycles. The number of hydrogen-bond acceptors (Lipinski definition) is 2. The Bertz CT molecular complexity index is 554. The average Bonchev–Trinajstić information content (AvgIpc) is 3.05. The highest BCUT2D eigenvalue weighted by Gasteiger charge is 2.37. The fraction of sp³-hybridized carbons (Fsp3) is 0.650. The van der Waals surface area contributed by atoms with E-state index in [4.69, 9.17) is 5.73 Å². The lowest BCUT2D eigenvalue weighted by atomic mass is 9.71. The van der Waals surface area contributed by atoms with E-state index >= 15 is 0 Å². The maximum Gasteiger partial charge on any atom is 0.223 e. The third kappa shape index (κ3) is 4.12. The molecule has 0 radical (unpaired) electrons. The molecule has 134 valence electrons. The van der Waals surface area contributed by atoms with Crippen molar-refractivity contribution in [3.05, 3.63) is 35.4 Å². The van der Waals surface area contributed by atoms with Gasteiger partial charge in [0.2, 0.25) is 5.91 Å². The molecule has 0 bridgehead atoms. The van der Waals surface area contributed by atoms with E-state index in [0.717, 1.165) is 32.2 Å². The van der Waals surface area contributed by atoms with Gasteiger partial charge in [-0.3, -0.25) is 4.79 Å². The van der Waals surface area contributed by atoms with Crippen molar-refractivity contribution in [3.63, 3.8) is 0 Å². The fourth-order valence-corrected chi connectivity index (χ4v) is 4.47. The van der Waals surface area contributed by atoms with Gasteiger partial charge in [0.05, 0.1) is 6.04 Å². The Morgan fingerprint density at radius 2 is 2.00 bits per heavy atom.